The van der Waals surface area contributed by atoms with Gasteiger partial charge in [-0.15, -0.1) is 0 Å². The van der Waals surface area contributed by atoms with Crippen LogP contribution in [0, 0.1) is 0 Å². The molecule has 0 bridgehead atoms. The highest BCUT2D eigenvalue weighted by Gasteiger charge is 2.34. The molecule has 1 heterocycles. The average molecular weight is 366 g/mol. The Morgan fingerprint density at radius 1 is 1.08 bits per heavy atom. The van der Waals surface area contributed by atoms with Crippen LogP contribution in [0.5, 0.6) is 5.75 Å². The van der Waals surface area contributed by atoms with Crippen LogP contribution in [-0.4, -0.2) is 29.8 Å². The second-order valence-electron chi connectivity index (χ2n) is 5.47. The monoisotopic (exact) mass is 366 g/mol. The van der Waals surface area contributed by atoms with Crippen molar-refractivity contribution in [2.24, 2.45) is 0 Å². The summed E-state index contributed by atoms with van der Waals surface area (Å²) in [5.74, 6) is 0.452. The van der Waals surface area contributed by atoms with Crippen molar-refractivity contribution >= 4 is 34.7 Å². The van der Waals surface area contributed by atoms with Crippen LogP contribution in [-0.2, 0) is 4.79 Å². The number of carbonyl (C=O) groups excluding carboxylic acids is 2. The highest BCUT2D eigenvalue weighted by molar-refractivity contribution is 8.18. The molecule has 0 spiro atoms. The third-order valence-corrected chi connectivity index (χ3v) is 4.67. The van der Waals surface area contributed by atoms with Crippen LogP contribution in [0.1, 0.15) is 5.56 Å². The quantitative estimate of drug-likeness (QED) is 0.770. The summed E-state index contributed by atoms with van der Waals surface area (Å²) in [6.07, 6.45) is 5.35. The molecule has 0 unspecified atom stereocenters. The molecule has 0 aromatic heterocycles. The fraction of sp³-hybridized carbons (Fsp3) is 0.100. The van der Waals surface area contributed by atoms with Crippen molar-refractivity contribution < 1.29 is 14.3 Å². The molecule has 0 aliphatic carbocycles. The number of hydrogen-bond acceptors (Lipinski definition) is 5. The molecule has 1 saturated heterocycles. The number of methoxy groups -OCH3 is 1. The third-order valence-electron chi connectivity index (χ3n) is 3.74. The van der Waals surface area contributed by atoms with Crippen LogP contribution in [0.25, 0.3) is 6.08 Å². The molecule has 1 aliphatic rings. The molecular formula is C20H18N2O3S. The Kier molecular flexibility index (Phi) is 5.76. The van der Waals surface area contributed by atoms with E-state index in [-0.39, 0.29) is 17.8 Å². The van der Waals surface area contributed by atoms with Crippen molar-refractivity contribution in [3.63, 3.8) is 0 Å². The molecule has 132 valence electrons. The smallest absolute Gasteiger partial charge is 0.295 e. The molecule has 6 heteroatoms. The lowest BCUT2D eigenvalue weighted by atomic mass is 10.2. The number of imide groups is 1. The van der Waals surface area contributed by atoms with Gasteiger partial charge in [0.05, 0.1) is 18.7 Å². The van der Waals surface area contributed by atoms with Crippen molar-refractivity contribution in [3.05, 3.63) is 77.2 Å². The Balaban J connectivity index is 1.61. The molecule has 2 aromatic carbocycles. The minimum atomic E-state index is -0.293. The van der Waals surface area contributed by atoms with Crippen molar-refractivity contribution in [1.82, 2.24) is 4.90 Å². The number of anilines is 1. The SMILES string of the molecule is COc1ccc(NCN2C(=O)SC(=CC=Cc3ccccc3)C2=O)cc1. The highest BCUT2D eigenvalue weighted by atomic mass is 32.2. The second-order valence-corrected chi connectivity index (χ2v) is 6.46. The molecule has 0 atom stereocenters. The molecule has 0 radical (unpaired) electrons. The molecule has 0 saturated carbocycles. The van der Waals surface area contributed by atoms with Crippen molar-refractivity contribution in [1.29, 1.82) is 0 Å². The van der Waals surface area contributed by atoms with Crippen molar-refractivity contribution in [2.75, 3.05) is 19.1 Å². The molecule has 2 amide bonds. The van der Waals surface area contributed by atoms with Gasteiger partial charge in [0.15, 0.2) is 0 Å². The molecule has 2 aromatic rings. The van der Waals surface area contributed by atoms with Crippen LogP contribution in [0.15, 0.2) is 71.7 Å². The first-order valence-corrected chi connectivity index (χ1v) is 8.84. The van der Waals surface area contributed by atoms with E-state index in [1.165, 1.54) is 4.90 Å². The van der Waals surface area contributed by atoms with Crippen molar-refractivity contribution in [3.8, 4) is 5.75 Å². The zero-order valence-electron chi connectivity index (χ0n) is 14.2. The van der Waals surface area contributed by atoms with Gasteiger partial charge in [-0.1, -0.05) is 42.5 Å². The average Bonchev–Trinajstić information content (AvgIpc) is 2.94. The van der Waals surface area contributed by atoms with Crippen LogP contribution in [0.4, 0.5) is 10.5 Å². The lowest BCUT2D eigenvalue weighted by Crippen LogP contribution is -2.33. The Bertz CT molecular complexity index is 845. The Labute approximate surface area is 156 Å². The van der Waals surface area contributed by atoms with E-state index >= 15 is 0 Å². The van der Waals surface area contributed by atoms with Crippen LogP contribution in [0.2, 0.25) is 0 Å². The van der Waals surface area contributed by atoms with Gasteiger partial charge in [-0.05, 0) is 47.7 Å². The highest BCUT2D eigenvalue weighted by Crippen LogP contribution is 2.30. The first kappa shape index (κ1) is 17.8. The zero-order chi connectivity index (χ0) is 18.4. The van der Waals surface area contributed by atoms with Gasteiger partial charge < -0.3 is 10.1 Å². The molecule has 1 aliphatic heterocycles. The van der Waals surface area contributed by atoms with Gasteiger partial charge in [0.1, 0.15) is 5.75 Å². The van der Waals surface area contributed by atoms with E-state index in [1.807, 2.05) is 60.7 Å². The summed E-state index contributed by atoms with van der Waals surface area (Å²) in [5.41, 5.74) is 1.84. The van der Waals surface area contributed by atoms with E-state index in [2.05, 4.69) is 5.32 Å². The van der Waals surface area contributed by atoms with E-state index in [0.29, 0.717) is 4.91 Å². The summed E-state index contributed by atoms with van der Waals surface area (Å²) >= 11 is 0.945. The number of nitrogens with zero attached hydrogens (tertiary/aromatic N) is 1. The number of allylic oxidation sites excluding steroid dienone is 2. The Morgan fingerprint density at radius 3 is 2.50 bits per heavy atom. The largest absolute Gasteiger partial charge is 0.497 e. The lowest BCUT2D eigenvalue weighted by Gasteiger charge is -2.14. The summed E-state index contributed by atoms with van der Waals surface area (Å²) in [6.45, 7) is 0.122. The standard InChI is InChI=1S/C20H18N2O3S/c1-25-17-12-10-16(11-13-17)21-14-22-19(23)18(26-20(22)24)9-5-8-15-6-3-2-4-7-15/h2-13,21H,14H2,1H3. The van der Waals surface area contributed by atoms with E-state index in [9.17, 15) is 9.59 Å². The fourth-order valence-electron chi connectivity index (χ4n) is 2.34. The number of rotatable bonds is 6. The number of thioether (sulfide) groups is 1. The molecule has 1 N–H and O–H groups in total. The molecule has 1 fully saturated rings. The number of carbonyl (C=O) groups is 2. The minimum absolute atomic E-state index is 0.122. The van der Waals surface area contributed by atoms with Gasteiger partial charge in [0, 0.05) is 5.69 Å². The predicted octanol–water partition coefficient (Wildman–Crippen LogP) is 4.36. The lowest BCUT2D eigenvalue weighted by molar-refractivity contribution is -0.122. The third kappa shape index (κ3) is 4.34. The van der Waals surface area contributed by atoms with Crippen molar-refractivity contribution in [2.45, 2.75) is 0 Å². The molecule has 26 heavy (non-hydrogen) atoms. The maximum absolute atomic E-state index is 12.4. The van der Waals surface area contributed by atoms with E-state index in [1.54, 1.807) is 19.3 Å². The maximum Gasteiger partial charge on any atom is 0.295 e. The van der Waals surface area contributed by atoms with Gasteiger partial charge in [-0.3, -0.25) is 14.5 Å². The number of amides is 2. The van der Waals surface area contributed by atoms with Gasteiger partial charge in [-0.25, -0.2) is 0 Å². The first-order valence-electron chi connectivity index (χ1n) is 8.02. The second kappa shape index (κ2) is 8.40. The Hall–Kier alpha value is -2.99. The van der Waals surface area contributed by atoms with Gasteiger partial charge in [0.25, 0.3) is 11.1 Å². The first-order chi connectivity index (χ1) is 12.7. The summed E-state index contributed by atoms with van der Waals surface area (Å²) in [6, 6.07) is 17.0. The van der Waals surface area contributed by atoms with E-state index < -0.39 is 0 Å². The summed E-state index contributed by atoms with van der Waals surface area (Å²) < 4.78 is 5.10. The molecule has 5 nitrogen and oxygen atoms in total. The number of hydrogen-bond donors (Lipinski definition) is 1. The van der Waals surface area contributed by atoms with E-state index in [0.717, 1.165) is 28.8 Å². The maximum atomic E-state index is 12.4. The summed E-state index contributed by atoms with van der Waals surface area (Å²) in [5, 5.41) is 2.79. The number of benzene rings is 2. The normalized spacial score (nSPS) is 15.9. The van der Waals surface area contributed by atoms with Crippen LogP contribution in [0.3, 0.4) is 0 Å². The molecular weight excluding hydrogens is 348 g/mol. The predicted molar refractivity (Wildman–Crippen MR) is 105 cm³/mol. The Morgan fingerprint density at radius 2 is 1.81 bits per heavy atom. The molecule has 3 rings (SSSR count). The van der Waals surface area contributed by atoms with Crippen LogP contribution < -0.4 is 10.1 Å². The number of ether oxygens (including phenoxy) is 1. The zero-order valence-corrected chi connectivity index (χ0v) is 15.0. The van der Waals surface area contributed by atoms with Crippen LogP contribution >= 0.6 is 11.8 Å². The topological polar surface area (TPSA) is 58.6 Å². The summed E-state index contributed by atoms with van der Waals surface area (Å²) in [7, 11) is 1.60. The van der Waals surface area contributed by atoms with E-state index in [4.69, 9.17) is 4.74 Å². The van der Waals surface area contributed by atoms with Gasteiger partial charge in [0.2, 0.25) is 0 Å². The summed E-state index contributed by atoms with van der Waals surface area (Å²) in [4.78, 5) is 26.1. The number of nitrogens with one attached hydrogen (secondary N) is 1. The van der Waals surface area contributed by atoms with Gasteiger partial charge >= 0.3 is 0 Å². The van der Waals surface area contributed by atoms with Gasteiger partial charge in [-0.2, -0.15) is 0 Å². The fourth-order valence-corrected chi connectivity index (χ4v) is 3.13. The minimum Gasteiger partial charge on any atom is -0.497 e.